The van der Waals surface area contributed by atoms with Crippen LogP contribution in [0.5, 0.6) is 0 Å². The molecule has 1 aromatic heterocycles. The van der Waals surface area contributed by atoms with Crippen LogP contribution < -0.4 is 10.9 Å². The molecule has 0 aliphatic carbocycles. The first kappa shape index (κ1) is 21.4. The summed E-state index contributed by atoms with van der Waals surface area (Å²) in [6, 6.07) is 12.4. The van der Waals surface area contributed by atoms with Crippen LogP contribution in [0.3, 0.4) is 0 Å². The zero-order valence-corrected chi connectivity index (χ0v) is 17.9. The maximum atomic E-state index is 12.9. The van der Waals surface area contributed by atoms with E-state index in [9.17, 15) is 14.7 Å². The molecule has 2 N–H and O–H groups in total. The highest BCUT2D eigenvalue weighted by Gasteiger charge is 2.20. The molecule has 0 aliphatic rings. The molecule has 0 unspecified atom stereocenters. The molecule has 1 heterocycles. The van der Waals surface area contributed by atoms with Crippen molar-refractivity contribution in [2.24, 2.45) is 0 Å². The van der Waals surface area contributed by atoms with Gasteiger partial charge in [-0.15, -0.1) is 0 Å². The molecule has 0 bridgehead atoms. The number of fused-ring (bicyclic) bond motifs is 1. The molecular weight excluding hydrogens is 410 g/mol. The molecule has 3 rings (SSSR count). The Labute approximate surface area is 177 Å². The lowest BCUT2D eigenvalue weighted by molar-refractivity contribution is -0.115. The Bertz CT molecular complexity index is 1100. The smallest absolute Gasteiger partial charge is 0.262 e. The fraction of sp³-hybridized carbons (Fsp3) is 0.286. The SMILES string of the molecule is Cc1ccc(NC(=O)[C@H](C)Sc2nc3cc(Cl)ccc3c(=O)n2C[C@@H](C)O)cc1. The number of anilines is 1. The fourth-order valence-corrected chi connectivity index (χ4v) is 3.87. The lowest BCUT2D eigenvalue weighted by atomic mass is 10.2. The number of hydrogen-bond donors (Lipinski definition) is 2. The van der Waals surface area contributed by atoms with Crippen LogP contribution in [0.15, 0.2) is 52.4 Å². The van der Waals surface area contributed by atoms with Gasteiger partial charge in [0.05, 0.1) is 28.8 Å². The van der Waals surface area contributed by atoms with Gasteiger partial charge in [0, 0.05) is 10.7 Å². The van der Waals surface area contributed by atoms with Gasteiger partial charge in [-0.1, -0.05) is 41.1 Å². The number of rotatable bonds is 6. The first-order valence-corrected chi connectivity index (χ1v) is 10.4. The Balaban J connectivity index is 1.91. The van der Waals surface area contributed by atoms with Gasteiger partial charge in [0.1, 0.15) is 0 Å². The molecule has 0 radical (unpaired) electrons. The van der Waals surface area contributed by atoms with E-state index in [0.29, 0.717) is 26.8 Å². The Hall–Kier alpha value is -2.35. The second-order valence-corrected chi connectivity index (χ2v) is 8.68. The molecule has 6 nitrogen and oxygen atoms in total. The van der Waals surface area contributed by atoms with E-state index in [-0.39, 0.29) is 18.0 Å². The van der Waals surface area contributed by atoms with Gasteiger partial charge in [-0.2, -0.15) is 0 Å². The number of halogens is 1. The van der Waals surface area contributed by atoms with E-state index < -0.39 is 11.4 Å². The van der Waals surface area contributed by atoms with Crippen molar-refractivity contribution in [2.45, 2.75) is 43.8 Å². The highest BCUT2D eigenvalue weighted by atomic mass is 35.5. The number of hydrogen-bond acceptors (Lipinski definition) is 5. The summed E-state index contributed by atoms with van der Waals surface area (Å²) in [6.45, 7) is 5.40. The van der Waals surface area contributed by atoms with Crippen molar-refractivity contribution in [3.63, 3.8) is 0 Å². The molecule has 3 aromatic rings. The molecule has 2 atom stereocenters. The van der Waals surface area contributed by atoms with Crippen LogP contribution in [0.2, 0.25) is 5.02 Å². The molecule has 0 aliphatic heterocycles. The molecule has 152 valence electrons. The van der Waals surface area contributed by atoms with Crippen molar-refractivity contribution in [3.05, 3.63) is 63.4 Å². The van der Waals surface area contributed by atoms with Gasteiger partial charge in [0.25, 0.3) is 5.56 Å². The monoisotopic (exact) mass is 431 g/mol. The number of amides is 1. The van der Waals surface area contributed by atoms with E-state index >= 15 is 0 Å². The minimum Gasteiger partial charge on any atom is -0.392 e. The summed E-state index contributed by atoms with van der Waals surface area (Å²) in [4.78, 5) is 30.1. The first-order valence-electron chi connectivity index (χ1n) is 9.17. The van der Waals surface area contributed by atoms with Crippen LogP contribution in [-0.2, 0) is 11.3 Å². The predicted molar refractivity (Wildman–Crippen MR) is 118 cm³/mol. The molecular formula is C21H22ClN3O3S. The molecule has 1 amide bonds. The van der Waals surface area contributed by atoms with Gasteiger partial charge in [-0.3, -0.25) is 14.2 Å². The van der Waals surface area contributed by atoms with Gasteiger partial charge in [0.2, 0.25) is 5.91 Å². The minimum atomic E-state index is -0.740. The van der Waals surface area contributed by atoms with E-state index in [2.05, 4.69) is 10.3 Å². The number of carbonyl (C=O) groups is 1. The number of nitrogens with zero attached hydrogens (tertiary/aromatic N) is 2. The van der Waals surface area contributed by atoms with Gasteiger partial charge in [-0.05, 0) is 51.1 Å². The van der Waals surface area contributed by atoms with Crippen molar-refractivity contribution in [3.8, 4) is 0 Å². The zero-order valence-electron chi connectivity index (χ0n) is 16.3. The Kier molecular flexibility index (Phi) is 6.62. The molecule has 29 heavy (non-hydrogen) atoms. The lowest BCUT2D eigenvalue weighted by Gasteiger charge is -2.17. The maximum Gasteiger partial charge on any atom is 0.262 e. The lowest BCUT2D eigenvalue weighted by Crippen LogP contribution is -2.29. The van der Waals surface area contributed by atoms with E-state index in [0.717, 1.165) is 17.3 Å². The number of aliphatic hydroxyl groups is 1. The third-order valence-corrected chi connectivity index (χ3v) is 5.62. The van der Waals surface area contributed by atoms with Crippen molar-refractivity contribution in [1.29, 1.82) is 0 Å². The van der Waals surface area contributed by atoms with E-state index in [1.54, 1.807) is 32.0 Å². The molecule has 0 saturated carbocycles. The van der Waals surface area contributed by atoms with E-state index in [4.69, 9.17) is 11.6 Å². The normalized spacial score (nSPS) is 13.3. The fourth-order valence-electron chi connectivity index (χ4n) is 2.78. The standard InChI is InChI=1S/C21H22ClN3O3S/c1-12-4-7-16(8-5-12)23-19(27)14(3)29-21-24-18-10-15(22)6-9-17(18)20(28)25(21)11-13(2)26/h4-10,13-14,26H,11H2,1-3H3,(H,23,27)/t13-,14+/m1/s1. The van der Waals surface area contributed by atoms with Crippen LogP contribution in [0.4, 0.5) is 5.69 Å². The summed E-state index contributed by atoms with van der Waals surface area (Å²) in [5.74, 6) is -0.206. The summed E-state index contributed by atoms with van der Waals surface area (Å²) in [7, 11) is 0. The van der Waals surface area contributed by atoms with Crippen molar-refractivity contribution < 1.29 is 9.90 Å². The van der Waals surface area contributed by atoms with Gasteiger partial charge in [-0.25, -0.2) is 4.98 Å². The summed E-state index contributed by atoms with van der Waals surface area (Å²) in [5.41, 5.74) is 1.98. The molecule has 2 aromatic carbocycles. The number of benzene rings is 2. The summed E-state index contributed by atoms with van der Waals surface area (Å²) >= 11 is 7.21. The average Bonchev–Trinajstić information content (AvgIpc) is 2.66. The number of aromatic nitrogens is 2. The minimum absolute atomic E-state index is 0.0824. The largest absolute Gasteiger partial charge is 0.392 e. The summed E-state index contributed by atoms with van der Waals surface area (Å²) < 4.78 is 1.40. The molecule has 0 saturated heterocycles. The second-order valence-electron chi connectivity index (χ2n) is 6.94. The third kappa shape index (κ3) is 5.18. The maximum absolute atomic E-state index is 12.9. The van der Waals surface area contributed by atoms with Crippen LogP contribution in [0, 0.1) is 6.92 Å². The van der Waals surface area contributed by atoms with Crippen LogP contribution in [0.25, 0.3) is 10.9 Å². The number of aliphatic hydroxyl groups excluding tert-OH is 1. The molecule has 0 spiro atoms. The van der Waals surface area contributed by atoms with Crippen LogP contribution in [-0.4, -0.2) is 31.9 Å². The van der Waals surface area contributed by atoms with Gasteiger partial charge >= 0.3 is 0 Å². The van der Waals surface area contributed by atoms with Crippen LogP contribution >= 0.6 is 23.4 Å². The summed E-state index contributed by atoms with van der Waals surface area (Å²) in [6.07, 6.45) is -0.740. The summed E-state index contributed by atoms with van der Waals surface area (Å²) in [5, 5.41) is 13.4. The number of aryl methyl sites for hydroxylation is 1. The van der Waals surface area contributed by atoms with Crippen molar-refractivity contribution in [2.75, 3.05) is 5.32 Å². The first-order chi connectivity index (χ1) is 13.7. The Morgan fingerprint density at radius 1 is 1.24 bits per heavy atom. The molecule has 0 fully saturated rings. The average molecular weight is 432 g/mol. The van der Waals surface area contributed by atoms with Crippen molar-refractivity contribution >= 4 is 45.9 Å². The topological polar surface area (TPSA) is 84.2 Å². The zero-order chi connectivity index (χ0) is 21.1. The van der Waals surface area contributed by atoms with Crippen LogP contribution in [0.1, 0.15) is 19.4 Å². The van der Waals surface area contributed by atoms with Gasteiger partial charge in [0.15, 0.2) is 5.16 Å². The van der Waals surface area contributed by atoms with E-state index in [1.807, 2.05) is 31.2 Å². The number of nitrogens with one attached hydrogen (secondary N) is 1. The van der Waals surface area contributed by atoms with E-state index in [1.165, 1.54) is 4.57 Å². The quantitative estimate of drug-likeness (QED) is 0.457. The predicted octanol–water partition coefficient (Wildman–Crippen LogP) is 3.86. The Morgan fingerprint density at radius 2 is 1.93 bits per heavy atom. The third-order valence-electron chi connectivity index (χ3n) is 4.30. The second kappa shape index (κ2) is 8.98. The van der Waals surface area contributed by atoms with Gasteiger partial charge < -0.3 is 10.4 Å². The van der Waals surface area contributed by atoms with Crippen molar-refractivity contribution in [1.82, 2.24) is 9.55 Å². The highest BCUT2D eigenvalue weighted by molar-refractivity contribution is 8.00. The number of thioether (sulfide) groups is 1. The Morgan fingerprint density at radius 3 is 2.59 bits per heavy atom. The highest BCUT2D eigenvalue weighted by Crippen LogP contribution is 2.25. The molecule has 8 heteroatoms. The number of carbonyl (C=O) groups excluding carboxylic acids is 1.